The summed E-state index contributed by atoms with van der Waals surface area (Å²) in [4.78, 5) is 20.5. The zero-order valence-electron chi connectivity index (χ0n) is 19.5. The summed E-state index contributed by atoms with van der Waals surface area (Å²) in [6.45, 7) is 6.10. The summed E-state index contributed by atoms with van der Waals surface area (Å²) < 4.78 is 26.6. The number of ether oxygens (including phenoxy) is 2. The zero-order valence-corrected chi connectivity index (χ0v) is 21.5. The van der Waals surface area contributed by atoms with E-state index in [4.69, 9.17) is 9.47 Å². The van der Waals surface area contributed by atoms with Gasteiger partial charge in [-0.15, -0.1) is 0 Å². The number of carbonyl (C=O) groups excluding carboxylic acids is 1. The minimum Gasteiger partial charge on any atom is -0.506 e. The van der Waals surface area contributed by atoms with Crippen molar-refractivity contribution in [2.45, 2.75) is 27.2 Å². The summed E-state index contributed by atoms with van der Waals surface area (Å²) in [6.07, 6.45) is 0.387. The van der Waals surface area contributed by atoms with Crippen molar-refractivity contribution in [3.63, 3.8) is 0 Å². The molecule has 1 N–H and O–H groups in total. The molecule has 0 atom stereocenters. The van der Waals surface area contributed by atoms with Crippen molar-refractivity contribution in [2.75, 3.05) is 13.2 Å². The van der Waals surface area contributed by atoms with Crippen LogP contribution in [-0.4, -0.2) is 55.8 Å². The standard InChI is InChI=1S/C25H23FN2O5.Na/c1-4-31-20-7-5-6-18(13-20)25-22(30)9-8-19(28-25)14-21-16(2)12-23(24(26)17(21)3)32-11-10-27-33-15-29;/h5-9,12-13,30H,4,11,14H2,1-3H3;. The van der Waals surface area contributed by atoms with Crippen molar-refractivity contribution < 1.29 is 28.6 Å². The Morgan fingerprint density at radius 3 is 2.71 bits per heavy atom. The molecule has 0 unspecified atom stereocenters. The molecule has 1 aromatic heterocycles. The second-order valence-corrected chi connectivity index (χ2v) is 10.8. The molecule has 2 heterocycles. The van der Waals surface area contributed by atoms with Crippen molar-refractivity contribution in [3.8, 4) is 28.5 Å². The van der Waals surface area contributed by atoms with Crippen LogP contribution in [0.3, 0.4) is 0 Å². The van der Waals surface area contributed by atoms with Crippen LogP contribution in [0.25, 0.3) is 11.3 Å². The molecule has 0 saturated carbocycles. The second-order valence-electron chi connectivity index (χ2n) is 8.37. The zero-order chi connectivity index (χ0) is 24.2. The van der Waals surface area contributed by atoms with Crippen LogP contribution < -0.4 is 9.47 Å². The van der Waals surface area contributed by atoms with E-state index in [1.165, 1.54) is 0 Å². The van der Waals surface area contributed by atoms with Gasteiger partial charge in [-0.05, 0) is 19.1 Å². The molecule has 0 spiro atoms. The molecule has 0 fully saturated rings. The molecule has 1 aliphatic rings. The smallest absolute Gasteiger partial charge is 0.506 e. The molecule has 171 valence electrons. The van der Waals surface area contributed by atoms with Crippen LogP contribution >= 0.6 is 0 Å². The summed E-state index contributed by atoms with van der Waals surface area (Å²) in [5.74, 6) is 0.418. The summed E-state index contributed by atoms with van der Waals surface area (Å²) in [5, 5.41) is 14.1. The van der Waals surface area contributed by atoms with E-state index in [-0.39, 0.29) is 21.3 Å². The fraction of sp³-hybridized carbons (Fsp3) is 0.240. The Balaban J connectivity index is 1.58. The van der Waals surface area contributed by atoms with Crippen LogP contribution in [0, 0.1) is 19.7 Å². The summed E-state index contributed by atoms with van der Waals surface area (Å²) in [5.41, 5.74) is 3.98. The number of aromatic nitrogens is 1. The average molecular weight is 473 g/mol. The first kappa shape index (κ1) is 24.2. The van der Waals surface area contributed by atoms with Gasteiger partial charge in [-0.1, -0.05) is 12.1 Å². The minimum atomic E-state index is -1.76. The molecule has 7 nitrogen and oxygen atoms in total. The van der Waals surface area contributed by atoms with Crippen LogP contribution in [0.4, 0.5) is 9.18 Å². The Morgan fingerprint density at radius 1 is 1.15 bits per heavy atom. The Morgan fingerprint density at radius 2 is 1.97 bits per heavy atom. The van der Waals surface area contributed by atoms with Gasteiger partial charge in [0.1, 0.15) is 5.75 Å². The average Bonchev–Trinajstić information content (AvgIpc) is 3.24. The quantitative estimate of drug-likeness (QED) is 0.375. The van der Waals surface area contributed by atoms with E-state index in [9.17, 15) is 9.90 Å². The Bertz CT molecular complexity index is 1280. The van der Waals surface area contributed by atoms with Crippen molar-refractivity contribution in [2.24, 2.45) is 5.16 Å². The number of rotatable bonds is 8. The number of aryl methyl sites for hydroxylation is 1. The fourth-order valence-corrected chi connectivity index (χ4v) is 5.10. The first-order valence-corrected chi connectivity index (χ1v) is 13.2. The second kappa shape index (κ2) is 10.5. The normalized spacial score (nSPS) is 12.9. The van der Waals surface area contributed by atoms with E-state index in [1.54, 1.807) is 25.1 Å². The van der Waals surface area contributed by atoms with Gasteiger partial charge in [-0.25, -0.2) is 0 Å². The number of hydrogen-bond acceptors (Lipinski definition) is 7. The maximum absolute atomic E-state index is 15.1. The van der Waals surface area contributed by atoms with Crippen molar-refractivity contribution >= 4 is 32.5 Å². The van der Waals surface area contributed by atoms with Crippen LogP contribution in [-0.2, 0) is 11.3 Å². The van der Waals surface area contributed by atoms with Crippen molar-refractivity contribution in [1.82, 2.24) is 4.98 Å². The maximum atomic E-state index is 15.1. The number of carbonyl (C=O) groups is 1. The summed E-state index contributed by atoms with van der Waals surface area (Å²) in [7, 11) is 0. The topological polar surface area (TPSA) is 90.2 Å². The first-order valence-electron chi connectivity index (χ1n) is 11.2. The number of halogens is 1. The minimum absolute atomic E-state index is 0.0584. The molecule has 3 aromatic rings. The third-order valence-electron chi connectivity index (χ3n) is 5.79. The molecule has 0 aliphatic carbocycles. The number of nitrogens with zero attached hydrogens (tertiary/aromatic N) is 2. The van der Waals surface area contributed by atoms with Crippen LogP contribution in [0.1, 0.15) is 29.3 Å². The fourth-order valence-electron chi connectivity index (χ4n) is 3.97. The van der Waals surface area contributed by atoms with E-state index >= 15 is 4.39 Å². The van der Waals surface area contributed by atoms with Gasteiger partial charge in [-0.2, -0.15) is 0 Å². The van der Waals surface area contributed by atoms with Gasteiger partial charge in [0.25, 0.3) is 0 Å². The number of benzene rings is 2. The molecular formula is C25H23FN2NaO5. The van der Waals surface area contributed by atoms with Crippen molar-refractivity contribution in [3.05, 3.63) is 70.7 Å². The predicted molar refractivity (Wildman–Crippen MR) is 126 cm³/mol. The van der Waals surface area contributed by atoms with Gasteiger partial charge in [-0.3, -0.25) is 0 Å². The number of pyridine rings is 1. The third-order valence-corrected chi connectivity index (χ3v) is 7.43. The number of aromatic hydroxyl groups is 1. The van der Waals surface area contributed by atoms with Crippen LogP contribution in [0.2, 0.25) is 0 Å². The molecule has 5 radical (unpaired) electrons. The van der Waals surface area contributed by atoms with Gasteiger partial charge in [0, 0.05) is 0 Å². The van der Waals surface area contributed by atoms with Crippen LogP contribution in [0.5, 0.6) is 17.2 Å². The molecule has 9 heteroatoms. The SMILES string of the molecule is CCOc1cccc(-c2nc(Cc3c(C)cc(OC[C]4=NO[C](=O)[Na]4)c(F)c3C)ccc2O)c1. The Labute approximate surface area is 210 Å². The number of hydrogen-bond donors (Lipinski definition) is 1. The molecular weight excluding hydrogens is 450 g/mol. The van der Waals surface area contributed by atoms with E-state index in [1.807, 2.05) is 38.1 Å². The third kappa shape index (κ3) is 5.41. The monoisotopic (exact) mass is 473 g/mol. The molecule has 34 heavy (non-hydrogen) atoms. The van der Waals surface area contributed by atoms with Gasteiger partial charge in [0.15, 0.2) is 0 Å². The van der Waals surface area contributed by atoms with Crippen molar-refractivity contribution in [1.29, 1.82) is 0 Å². The van der Waals surface area contributed by atoms with Crippen LogP contribution in [0.15, 0.2) is 47.6 Å². The van der Waals surface area contributed by atoms with E-state index in [0.29, 0.717) is 38.7 Å². The van der Waals surface area contributed by atoms with E-state index in [0.717, 1.165) is 16.7 Å². The van der Waals surface area contributed by atoms with Gasteiger partial charge in [0.2, 0.25) is 0 Å². The van der Waals surface area contributed by atoms with Gasteiger partial charge >= 0.3 is 157 Å². The molecule has 0 bridgehead atoms. The molecule has 0 saturated heterocycles. The first-order chi connectivity index (χ1) is 16.4. The Kier molecular flexibility index (Phi) is 7.50. The number of oxime groups is 1. The van der Waals surface area contributed by atoms with Gasteiger partial charge in [0.05, 0.1) is 6.61 Å². The molecule has 0 amide bonds. The molecule has 2 aromatic carbocycles. The summed E-state index contributed by atoms with van der Waals surface area (Å²) >= 11 is -1.76. The van der Waals surface area contributed by atoms with E-state index in [2.05, 4.69) is 15.0 Å². The molecule has 4 rings (SSSR count). The predicted octanol–water partition coefficient (Wildman–Crippen LogP) is 4.75. The van der Waals surface area contributed by atoms with E-state index < -0.39 is 32.1 Å². The molecule has 1 aliphatic heterocycles. The Hall–Kier alpha value is -2.94. The summed E-state index contributed by atoms with van der Waals surface area (Å²) in [6, 6.07) is 12.4. The van der Waals surface area contributed by atoms with Gasteiger partial charge < -0.3 is 9.84 Å².